The molecule has 0 unspecified atom stereocenters. The summed E-state index contributed by atoms with van der Waals surface area (Å²) in [6, 6.07) is 7.80. The van der Waals surface area contributed by atoms with Crippen molar-refractivity contribution in [1.82, 2.24) is 25.4 Å². The topological polar surface area (TPSA) is 81.1 Å². The first-order valence-electron chi connectivity index (χ1n) is 7.40. The van der Waals surface area contributed by atoms with Crippen molar-refractivity contribution in [2.24, 2.45) is 0 Å². The molecule has 0 spiro atoms. The predicted octanol–water partition coefficient (Wildman–Crippen LogP) is 0.971. The van der Waals surface area contributed by atoms with Gasteiger partial charge in [-0.05, 0) is 18.1 Å². The summed E-state index contributed by atoms with van der Waals surface area (Å²) in [5.41, 5.74) is 1.20. The summed E-state index contributed by atoms with van der Waals surface area (Å²) < 4.78 is 7.51. The van der Waals surface area contributed by atoms with Gasteiger partial charge in [-0.3, -0.25) is 4.68 Å². The summed E-state index contributed by atoms with van der Waals surface area (Å²) in [5, 5.41) is 9.67. The van der Waals surface area contributed by atoms with Gasteiger partial charge >= 0.3 is 6.03 Å². The number of amides is 2. The highest BCUT2D eigenvalue weighted by Crippen LogP contribution is 2.27. The smallest absolute Gasteiger partial charge is 0.314 e. The highest BCUT2D eigenvalue weighted by molar-refractivity contribution is 5.73. The number of para-hydroxylation sites is 1. The van der Waals surface area contributed by atoms with Crippen molar-refractivity contribution in [3.8, 4) is 5.75 Å². The standard InChI is InChI=1S/C15H19N5O2/c21-15(17-6-3-7-20-11-16-10-19-20)18-9-13-8-12-4-1-2-5-14(12)22-13/h1-2,4-5,10-11,13H,3,6-9H2,(H2,17,18,21)/t13-/m0/s1. The highest BCUT2D eigenvalue weighted by atomic mass is 16.5. The molecule has 116 valence electrons. The van der Waals surface area contributed by atoms with E-state index >= 15 is 0 Å². The fraction of sp³-hybridized carbons (Fsp3) is 0.400. The molecule has 1 aliphatic rings. The first-order valence-corrected chi connectivity index (χ1v) is 7.40. The zero-order valence-corrected chi connectivity index (χ0v) is 12.2. The number of nitrogens with zero attached hydrogens (tertiary/aromatic N) is 3. The Morgan fingerprint density at radius 2 is 2.27 bits per heavy atom. The number of aromatic nitrogens is 3. The van der Waals surface area contributed by atoms with Crippen molar-refractivity contribution in [3.63, 3.8) is 0 Å². The Bertz CT molecular complexity index is 589. The Labute approximate surface area is 128 Å². The molecule has 0 aliphatic carbocycles. The maximum absolute atomic E-state index is 11.7. The van der Waals surface area contributed by atoms with Gasteiger partial charge in [0.25, 0.3) is 0 Å². The fourth-order valence-electron chi connectivity index (χ4n) is 2.43. The number of urea groups is 1. The number of rotatable bonds is 6. The van der Waals surface area contributed by atoms with E-state index in [1.165, 1.54) is 11.9 Å². The second-order valence-electron chi connectivity index (χ2n) is 5.20. The fourth-order valence-corrected chi connectivity index (χ4v) is 2.43. The number of hydrogen-bond acceptors (Lipinski definition) is 4. The first kappa shape index (κ1) is 14.4. The lowest BCUT2D eigenvalue weighted by Gasteiger charge is -2.12. The van der Waals surface area contributed by atoms with Crippen LogP contribution in [0.5, 0.6) is 5.75 Å². The van der Waals surface area contributed by atoms with Crippen molar-refractivity contribution in [2.75, 3.05) is 13.1 Å². The molecule has 2 heterocycles. The lowest BCUT2D eigenvalue weighted by atomic mass is 10.1. The summed E-state index contributed by atoms with van der Waals surface area (Å²) >= 11 is 0. The van der Waals surface area contributed by atoms with Crippen molar-refractivity contribution < 1.29 is 9.53 Å². The van der Waals surface area contributed by atoms with Crippen LogP contribution in [0.25, 0.3) is 0 Å². The van der Waals surface area contributed by atoms with Gasteiger partial charge in [-0.2, -0.15) is 5.10 Å². The van der Waals surface area contributed by atoms with E-state index in [-0.39, 0.29) is 12.1 Å². The summed E-state index contributed by atoms with van der Waals surface area (Å²) in [7, 11) is 0. The zero-order chi connectivity index (χ0) is 15.2. The van der Waals surface area contributed by atoms with Crippen LogP contribution in [-0.4, -0.2) is 40.0 Å². The van der Waals surface area contributed by atoms with E-state index < -0.39 is 0 Å². The number of ether oxygens (including phenoxy) is 1. The Balaban J connectivity index is 1.30. The Kier molecular flexibility index (Phi) is 4.53. The Hall–Kier alpha value is -2.57. The summed E-state index contributed by atoms with van der Waals surface area (Å²) in [4.78, 5) is 15.6. The number of fused-ring (bicyclic) bond motifs is 1. The summed E-state index contributed by atoms with van der Waals surface area (Å²) in [6.07, 6.45) is 4.82. The van der Waals surface area contributed by atoms with Crippen LogP contribution >= 0.6 is 0 Å². The third kappa shape index (κ3) is 3.75. The minimum absolute atomic E-state index is 0.0123. The SMILES string of the molecule is O=C(NCCCn1cncn1)NC[C@@H]1Cc2ccccc2O1. The van der Waals surface area contributed by atoms with E-state index in [1.54, 1.807) is 11.0 Å². The van der Waals surface area contributed by atoms with Gasteiger partial charge in [0.05, 0.1) is 6.54 Å². The molecule has 2 amide bonds. The molecule has 22 heavy (non-hydrogen) atoms. The van der Waals surface area contributed by atoms with Crippen LogP contribution in [-0.2, 0) is 13.0 Å². The molecule has 2 N–H and O–H groups in total. The molecule has 2 aromatic rings. The molecule has 7 nitrogen and oxygen atoms in total. The quantitative estimate of drug-likeness (QED) is 0.779. The zero-order valence-electron chi connectivity index (χ0n) is 12.2. The third-order valence-corrected chi connectivity index (χ3v) is 3.52. The van der Waals surface area contributed by atoms with Crippen molar-refractivity contribution in [1.29, 1.82) is 0 Å². The Morgan fingerprint density at radius 1 is 1.36 bits per heavy atom. The number of carbonyl (C=O) groups is 1. The molecule has 1 aromatic heterocycles. The third-order valence-electron chi connectivity index (χ3n) is 3.52. The van der Waals surface area contributed by atoms with E-state index in [4.69, 9.17) is 4.74 Å². The van der Waals surface area contributed by atoms with E-state index in [0.717, 1.165) is 25.1 Å². The average Bonchev–Trinajstić information content (AvgIpc) is 3.18. The Morgan fingerprint density at radius 3 is 3.09 bits per heavy atom. The largest absolute Gasteiger partial charge is 0.488 e. The van der Waals surface area contributed by atoms with Gasteiger partial charge in [0, 0.05) is 19.5 Å². The van der Waals surface area contributed by atoms with Gasteiger partial charge in [0.2, 0.25) is 0 Å². The highest BCUT2D eigenvalue weighted by Gasteiger charge is 2.22. The van der Waals surface area contributed by atoms with Crippen molar-refractivity contribution >= 4 is 6.03 Å². The number of aryl methyl sites for hydroxylation is 1. The number of nitrogens with one attached hydrogen (secondary N) is 2. The van der Waals surface area contributed by atoms with Gasteiger partial charge in [0.1, 0.15) is 24.5 Å². The number of carbonyl (C=O) groups excluding carboxylic acids is 1. The monoisotopic (exact) mass is 301 g/mol. The minimum atomic E-state index is -0.168. The molecule has 1 aromatic carbocycles. The lowest BCUT2D eigenvalue weighted by molar-refractivity contribution is 0.214. The second-order valence-corrected chi connectivity index (χ2v) is 5.20. The van der Waals surface area contributed by atoms with E-state index in [0.29, 0.717) is 13.1 Å². The second kappa shape index (κ2) is 6.93. The number of hydrogen-bond donors (Lipinski definition) is 2. The van der Waals surface area contributed by atoms with E-state index in [1.807, 2.05) is 18.2 Å². The van der Waals surface area contributed by atoms with Crippen LogP contribution < -0.4 is 15.4 Å². The normalized spacial score (nSPS) is 15.9. The molecule has 3 rings (SSSR count). The van der Waals surface area contributed by atoms with Crippen LogP contribution in [0.3, 0.4) is 0 Å². The first-order chi connectivity index (χ1) is 10.8. The van der Waals surface area contributed by atoms with Crippen LogP contribution in [0, 0.1) is 0 Å². The van der Waals surface area contributed by atoms with Crippen LogP contribution in [0.4, 0.5) is 4.79 Å². The maximum atomic E-state index is 11.7. The van der Waals surface area contributed by atoms with Gasteiger partial charge in [-0.1, -0.05) is 18.2 Å². The van der Waals surface area contributed by atoms with Gasteiger partial charge < -0.3 is 15.4 Å². The molecule has 1 atom stereocenters. The van der Waals surface area contributed by atoms with E-state index in [2.05, 4.69) is 26.8 Å². The van der Waals surface area contributed by atoms with E-state index in [9.17, 15) is 4.79 Å². The molecule has 0 saturated heterocycles. The molecule has 0 fully saturated rings. The van der Waals surface area contributed by atoms with Gasteiger partial charge in [-0.15, -0.1) is 0 Å². The average molecular weight is 301 g/mol. The summed E-state index contributed by atoms with van der Waals surface area (Å²) in [5.74, 6) is 0.919. The molecule has 7 heteroatoms. The van der Waals surface area contributed by atoms with Gasteiger partial charge in [0.15, 0.2) is 0 Å². The molecule has 0 radical (unpaired) electrons. The molecule has 0 bridgehead atoms. The predicted molar refractivity (Wildman–Crippen MR) is 80.6 cm³/mol. The maximum Gasteiger partial charge on any atom is 0.314 e. The van der Waals surface area contributed by atoms with Gasteiger partial charge in [-0.25, -0.2) is 9.78 Å². The van der Waals surface area contributed by atoms with Crippen LogP contribution in [0.1, 0.15) is 12.0 Å². The molecule has 0 saturated carbocycles. The molecule has 1 aliphatic heterocycles. The van der Waals surface area contributed by atoms with Crippen LogP contribution in [0.2, 0.25) is 0 Å². The van der Waals surface area contributed by atoms with Crippen molar-refractivity contribution in [2.45, 2.75) is 25.5 Å². The number of benzene rings is 1. The lowest BCUT2D eigenvalue weighted by Crippen LogP contribution is -2.41. The minimum Gasteiger partial charge on any atom is -0.488 e. The molecular weight excluding hydrogens is 282 g/mol. The summed E-state index contributed by atoms with van der Waals surface area (Å²) in [6.45, 7) is 1.84. The van der Waals surface area contributed by atoms with Crippen LogP contribution in [0.15, 0.2) is 36.9 Å². The molecular formula is C15H19N5O2. The van der Waals surface area contributed by atoms with Crippen molar-refractivity contribution in [3.05, 3.63) is 42.5 Å².